The molecule has 0 aromatic heterocycles. The summed E-state index contributed by atoms with van der Waals surface area (Å²) in [6, 6.07) is 8.96. The molecule has 2 aliphatic rings. The van der Waals surface area contributed by atoms with Gasteiger partial charge >= 0.3 is 5.97 Å². The molecule has 296 valence electrons. The van der Waals surface area contributed by atoms with Gasteiger partial charge in [-0.15, -0.1) is 5.06 Å². The molecule has 13 nitrogen and oxygen atoms in total. The molecule has 1 fully saturated rings. The predicted octanol–water partition coefficient (Wildman–Crippen LogP) is 6.96. The van der Waals surface area contributed by atoms with Gasteiger partial charge in [-0.3, -0.25) is 18.7 Å². The van der Waals surface area contributed by atoms with Crippen LogP contribution in [0.15, 0.2) is 107 Å². The van der Waals surface area contributed by atoms with E-state index >= 15 is 0 Å². The molecule has 2 amide bonds. The number of amides is 2. The van der Waals surface area contributed by atoms with E-state index < -0.39 is 48.8 Å². The molecule has 0 spiro atoms. The minimum Gasteiger partial charge on any atom is -0.385 e. The van der Waals surface area contributed by atoms with E-state index in [1.807, 2.05) is 77.2 Å². The average Bonchev–Trinajstić information content (AvgIpc) is 3.53. The Morgan fingerprint density at radius 3 is 2.15 bits per heavy atom. The molecule has 4 rings (SSSR count). The zero-order valence-corrected chi connectivity index (χ0v) is 33.4. The summed E-state index contributed by atoms with van der Waals surface area (Å²) < 4.78 is 67.1. The molecule has 0 radical (unpaired) electrons. The van der Waals surface area contributed by atoms with Gasteiger partial charge in [0.25, 0.3) is 32.1 Å². The van der Waals surface area contributed by atoms with Crippen molar-refractivity contribution in [1.82, 2.24) is 5.06 Å². The van der Waals surface area contributed by atoms with Crippen LogP contribution in [0.4, 0.5) is 11.4 Å². The Hall–Kier alpha value is -4.83. The van der Waals surface area contributed by atoms with Crippen LogP contribution < -0.4 is 10.2 Å². The van der Waals surface area contributed by atoms with E-state index in [0.717, 1.165) is 22.6 Å². The van der Waals surface area contributed by atoms with E-state index in [9.17, 15) is 40.3 Å². The average molecular weight is 796 g/mol. The van der Waals surface area contributed by atoms with Crippen molar-refractivity contribution in [1.29, 1.82) is 0 Å². The van der Waals surface area contributed by atoms with Crippen molar-refractivity contribution in [2.24, 2.45) is 0 Å². The maximum atomic E-state index is 12.2. The first kappa shape index (κ1) is 42.9. The van der Waals surface area contributed by atoms with Gasteiger partial charge in [-0.2, -0.15) is 16.8 Å². The molecule has 3 N–H and O–H groups in total. The van der Waals surface area contributed by atoms with Crippen molar-refractivity contribution in [3.63, 3.8) is 0 Å². The lowest BCUT2D eigenvalue weighted by atomic mass is 9.77. The van der Waals surface area contributed by atoms with Crippen LogP contribution in [0.2, 0.25) is 0 Å². The van der Waals surface area contributed by atoms with Crippen LogP contribution in [-0.2, 0) is 50.3 Å². The van der Waals surface area contributed by atoms with Crippen LogP contribution in [0, 0.1) is 0 Å². The van der Waals surface area contributed by atoms with E-state index in [1.54, 1.807) is 12.1 Å². The SMILES string of the molecule is C=C(/C=C/C=C/C=C/C=C1\N(CCCCCC(=O)ON2C(=O)CCC2=O)c2ccc(S(=O)(=O)O)cc2C1(C)C)C(C)(C)c1cc(S(=O)(=O)O)ccc1NCC. The van der Waals surface area contributed by atoms with Crippen LogP contribution in [-0.4, -0.2) is 61.9 Å². The number of nitrogens with one attached hydrogen (secondary N) is 1. The quantitative estimate of drug-likeness (QED) is 0.0647. The molecule has 0 bridgehead atoms. The first-order valence-electron chi connectivity index (χ1n) is 17.9. The normalized spacial score (nSPS) is 17.0. The zero-order valence-electron chi connectivity index (χ0n) is 31.7. The molecule has 0 atom stereocenters. The van der Waals surface area contributed by atoms with Gasteiger partial charge in [0.2, 0.25) is 0 Å². The largest absolute Gasteiger partial charge is 0.385 e. The lowest BCUT2D eigenvalue weighted by Crippen LogP contribution is -2.32. The van der Waals surface area contributed by atoms with Gasteiger partial charge < -0.3 is 15.1 Å². The Morgan fingerprint density at radius 2 is 1.51 bits per heavy atom. The van der Waals surface area contributed by atoms with Crippen molar-refractivity contribution in [3.8, 4) is 0 Å². The van der Waals surface area contributed by atoms with Crippen molar-refractivity contribution in [2.45, 2.75) is 93.8 Å². The Kier molecular flexibility index (Phi) is 13.5. The van der Waals surface area contributed by atoms with E-state index in [2.05, 4.69) is 16.8 Å². The lowest BCUT2D eigenvalue weighted by molar-refractivity contribution is -0.197. The molecule has 0 saturated carbocycles. The number of benzene rings is 2. The number of hydrogen-bond acceptors (Lipinski definition) is 10. The summed E-state index contributed by atoms with van der Waals surface area (Å²) in [5.41, 5.74) is 3.18. The number of imide groups is 1. The van der Waals surface area contributed by atoms with Gasteiger partial charge in [-0.1, -0.05) is 77.2 Å². The van der Waals surface area contributed by atoms with Crippen molar-refractivity contribution in [2.75, 3.05) is 23.3 Å². The molecule has 0 unspecified atom stereocenters. The van der Waals surface area contributed by atoms with Gasteiger partial charge in [-0.25, -0.2) is 4.79 Å². The van der Waals surface area contributed by atoms with Crippen molar-refractivity contribution >= 4 is 49.4 Å². The number of carbonyl (C=O) groups is 3. The van der Waals surface area contributed by atoms with Crippen molar-refractivity contribution in [3.05, 3.63) is 108 Å². The summed E-state index contributed by atoms with van der Waals surface area (Å²) in [5, 5.41) is 3.78. The van der Waals surface area contributed by atoms with Crippen LogP contribution in [0.3, 0.4) is 0 Å². The van der Waals surface area contributed by atoms with Crippen molar-refractivity contribution < 1.29 is 45.2 Å². The number of anilines is 2. The summed E-state index contributed by atoms with van der Waals surface area (Å²) in [4.78, 5) is 42.4. The Labute approximate surface area is 323 Å². The first-order valence-corrected chi connectivity index (χ1v) is 20.8. The molecule has 1 saturated heterocycles. The highest BCUT2D eigenvalue weighted by Gasteiger charge is 2.40. The summed E-state index contributed by atoms with van der Waals surface area (Å²) in [5.74, 6) is -1.71. The van der Waals surface area contributed by atoms with Crippen LogP contribution in [0.25, 0.3) is 0 Å². The molecule has 2 aliphatic heterocycles. The fourth-order valence-corrected chi connectivity index (χ4v) is 7.53. The minimum atomic E-state index is -4.43. The highest BCUT2D eigenvalue weighted by Crippen LogP contribution is 2.48. The summed E-state index contributed by atoms with van der Waals surface area (Å²) in [6.07, 6.45) is 14.8. The molecule has 2 aromatic rings. The van der Waals surface area contributed by atoms with E-state index in [0.29, 0.717) is 48.6 Å². The summed E-state index contributed by atoms with van der Waals surface area (Å²) in [6.45, 7) is 15.1. The number of hydrogen-bond donors (Lipinski definition) is 3. The van der Waals surface area contributed by atoms with Gasteiger partial charge in [-0.05, 0) is 78.9 Å². The number of unbranched alkanes of at least 4 members (excludes halogenated alkanes) is 2. The molecular weight excluding hydrogens is 747 g/mol. The topological polar surface area (TPSA) is 188 Å². The van der Waals surface area contributed by atoms with E-state index in [4.69, 9.17) is 4.84 Å². The second-order valence-electron chi connectivity index (χ2n) is 14.3. The third kappa shape index (κ3) is 10.3. The Bertz CT molecular complexity index is 2170. The first-order chi connectivity index (χ1) is 25.7. The molecule has 2 aromatic carbocycles. The second-order valence-corrected chi connectivity index (χ2v) is 17.2. The lowest BCUT2D eigenvalue weighted by Gasteiger charge is -2.29. The highest BCUT2D eigenvalue weighted by molar-refractivity contribution is 7.86. The highest BCUT2D eigenvalue weighted by atomic mass is 32.2. The van der Waals surface area contributed by atoms with Gasteiger partial charge in [0.05, 0.1) is 9.79 Å². The Morgan fingerprint density at radius 1 is 0.909 bits per heavy atom. The van der Waals surface area contributed by atoms with E-state index in [1.165, 1.54) is 24.3 Å². The van der Waals surface area contributed by atoms with Crippen LogP contribution in [0.1, 0.15) is 84.3 Å². The second kappa shape index (κ2) is 17.3. The number of rotatable bonds is 17. The summed E-state index contributed by atoms with van der Waals surface area (Å²) >= 11 is 0. The predicted molar refractivity (Wildman–Crippen MR) is 210 cm³/mol. The maximum Gasteiger partial charge on any atom is 0.333 e. The molecule has 15 heteroatoms. The molecular formula is C40H49N3O10S2. The van der Waals surface area contributed by atoms with Crippen LogP contribution >= 0.6 is 0 Å². The number of allylic oxidation sites excluding steroid dienone is 9. The molecule has 0 aliphatic carbocycles. The van der Waals surface area contributed by atoms with Gasteiger partial charge in [0.15, 0.2) is 0 Å². The smallest absolute Gasteiger partial charge is 0.333 e. The van der Waals surface area contributed by atoms with Crippen LogP contribution in [0.5, 0.6) is 0 Å². The molecule has 55 heavy (non-hydrogen) atoms. The maximum absolute atomic E-state index is 12.2. The third-order valence-electron chi connectivity index (χ3n) is 9.75. The number of fused-ring (bicyclic) bond motifs is 1. The Balaban J connectivity index is 1.46. The van der Waals surface area contributed by atoms with Gasteiger partial charge in [0.1, 0.15) is 0 Å². The number of nitrogens with zero attached hydrogens (tertiary/aromatic N) is 2. The van der Waals surface area contributed by atoms with Gasteiger partial charge in [0, 0.05) is 60.3 Å². The third-order valence-corrected chi connectivity index (χ3v) is 11.5. The summed E-state index contributed by atoms with van der Waals surface area (Å²) in [7, 11) is -8.83. The number of hydroxylamine groups is 2. The minimum absolute atomic E-state index is 0.0260. The van der Waals surface area contributed by atoms with E-state index in [-0.39, 0.29) is 29.1 Å². The monoisotopic (exact) mass is 795 g/mol. The fourth-order valence-electron chi connectivity index (χ4n) is 6.51. The zero-order chi connectivity index (χ0) is 40.8. The fraction of sp³-hybridized carbons (Fsp3) is 0.375. The molecule has 2 heterocycles. The standard InChI is InChI=1S/C40H49N3O10S2/c1-7-41-33-21-19-29(54(47,48)49)26-31(33)39(3,4)28(2)16-12-9-8-10-13-17-35-40(5,6)32-27-30(55(50,51)52)20-22-34(32)42(35)25-15-11-14-18-38(46)53-43-36(44)23-24-37(43)45/h8-10,12-13,16-17,19-22,26-27,41H,2,7,11,14-15,18,23-25H2,1,3-6H3,(H,47,48,49)(H,50,51,52)/b9-8+,13-10+,16-12+,35-17-. The number of carbonyl (C=O) groups excluding carboxylic acids is 3.